The molecule has 0 radical (unpaired) electrons. The summed E-state index contributed by atoms with van der Waals surface area (Å²) in [5.41, 5.74) is 1.85. The molecule has 3 rings (SSSR count). The zero-order chi connectivity index (χ0) is 14.1. The predicted octanol–water partition coefficient (Wildman–Crippen LogP) is 5.48. The van der Waals surface area contributed by atoms with Crippen LogP contribution < -0.4 is 0 Å². The van der Waals surface area contributed by atoms with Crippen molar-refractivity contribution in [3.05, 3.63) is 69.0 Å². The van der Waals surface area contributed by atoms with Crippen LogP contribution in [-0.4, -0.2) is 5.11 Å². The molecule has 0 aliphatic rings. The van der Waals surface area contributed by atoms with Gasteiger partial charge in [0.05, 0.1) is 6.10 Å². The van der Waals surface area contributed by atoms with Gasteiger partial charge in [-0.15, -0.1) is 11.3 Å². The van der Waals surface area contributed by atoms with Crippen LogP contribution in [-0.2, 0) is 6.42 Å². The molecule has 1 atom stereocenters. The minimum absolute atomic E-state index is 0.479. The second kappa shape index (κ2) is 5.74. The lowest BCUT2D eigenvalue weighted by Crippen LogP contribution is -2.02. The first kappa shape index (κ1) is 13.9. The summed E-state index contributed by atoms with van der Waals surface area (Å²) in [6.45, 7) is 0. The van der Waals surface area contributed by atoms with E-state index in [1.807, 2.05) is 23.6 Å². The lowest BCUT2D eigenvalue weighted by atomic mass is 10.0. The van der Waals surface area contributed by atoms with Gasteiger partial charge in [-0.3, -0.25) is 0 Å². The summed E-state index contributed by atoms with van der Waals surface area (Å²) in [4.78, 5) is 0. The molecule has 102 valence electrons. The molecule has 0 spiro atoms. The quantitative estimate of drug-likeness (QED) is 0.676. The molecule has 0 aliphatic carbocycles. The van der Waals surface area contributed by atoms with Gasteiger partial charge in [0.2, 0.25) is 0 Å². The van der Waals surface area contributed by atoms with Crippen molar-refractivity contribution in [2.45, 2.75) is 12.5 Å². The fourth-order valence-corrected chi connectivity index (χ4v) is 3.73. The standard InChI is InChI=1S/C16H12Cl2OS/c17-12-5-4-11(14(18)9-12)8-15(19)13-3-1-2-10-6-7-20-16(10)13/h1-7,9,15,19H,8H2. The maximum Gasteiger partial charge on any atom is 0.0844 e. The Kier molecular flexibility index (Phi) is 3.99. The largest absolute Gasteiger partial charge is 0.388 e. The van der Waals surface area contributed by atoms with E-state index in [1.165, 1.54) is 0 Å². The minimum Gasteiger partial charge on any atom is -0.388 e. The first-order valence-corrected chi connectivity index (χ1v) is 7.87. The van der Waals surface area contributed by atoms with Gasteiger partial charge in [0.1, 0.15) is 0 Å². The summed E-state index contributed by atoms with van der Waals surface area (Å²) >= 11 is 13.7. The maximum atomic E-state index is 10.5. The van der Waals surface area contributed by atoms with Crippen molar-refractivity contribution in [2.75, 3.05) is 0 Å². The Bertz CT molecular complexity index is 751. The van der Waals surface area contributed by atoms with Gasteiger partial charge in [0.25, 0.3) is 0 Å². The fourth-order valence-electron chi connectivity index (χ4n) is 2.28. The third-order valence-electron chi connectivity index (χ3n) is 3.30. The van der Waals surface area contributed by atoms with Crippen LogP contribution in [0.3, 0.4) is 0 Å². The summed E-state index contributed by atoms with van der Waals surface area (Å²) in [5, 5.41) is 14.9. The molecule has 0 saturated carbocycles. The van der Waals surface area contributed by atoms with Gasteiger partial charge >= 0.3 is 0 Å². The van der Waals surface area contributed by atoms with Crippen molar-refractivity contribution in [3.8, 4) is 0 Å². The number of hydrogen-bond donors (Lipinski definition) is 1. The maximum absolute atomic E-state index is 10.5. The van der Waals surface area contributed by atoms with Crippen molar-refractivity contribution in [3.63, 3.8) is 0 Å². The molecule has 0 fully saturated rings. The highest BCUT2D eigenvalue weighted by molar-refractivity contribution is 7.17. The summed E-state index contributed by atoms with van der Waals surface area (Å²) in [6, 6.07) is 13.4. The van der Waals surface area contributed by atoms with E-state index in [0.717, 1.165) is 21.2 Å². The van der Waals surface area contributed by atoms with Crippen LogP contribution in [0.1, 0.15) is 17.2 Å². The molecule has 1 N–H and O–H groups in total. The van der Waals surface area contributed by atoms with E-state index in [2.05, 4.69) is 12.1 Å². The molecule has 1 unspecified atom stereocenters. The molecule has 4 heteroatoms. The topological polar surface area (TPSA) is 20.2 Å². The van der Waals surface area contributed by atoms with Crippen LogP contribution in [0.25, 0.3) is 10.1 Å². The molecule has 1 nitrogen and oxygen atoms in total. The van der Waals surface area contributed by atoms with Crippen LogP contribution in [0.2, 0.25) is 10.0 Å². The molecule has 1 heterocycles. The number of halogens is 2. The Morgan fingerprint density at radius 1 is 1.10 bits per heavy atom. The van der Waals surface area contributed by atoms with Crippen molar-refractivity contribution >= 4 is 44.6 Å². The highest BCUT2D eigenvalue weighted by atomic mass is 35.5. The zero-order valence-electron chi connectivity index (χ0n) is 10.5. The second-order valence-electron chi connectivity index (χ2n) is 4.64. The van der Waals surface area contributed by atoms with E-state index < -0.39 is 6.10 Å². The number of aliphatic hydroxyl groups is 1. The second-order valence-corrected chi connectivity index (χ2v) is 6.40. The Morgan fingerprint density at radius 2 is 1.95 bits per heavy atom. The number of hydrogen-bond acceptors (Lipinski definition) is 2. The minimum atomic E-state index is -0.573. The summed E-state index contributed by atoms with van der Waals surface area (Å²) in [7, 11) is 0. The van der Waals surface area contributed by atoms with Gasteiger partial charge < -0.3 is 5.11 Å². The lowest BCUT2D eigenvalue weighted by molar-refractivity contribution is 0.180. The fraction of sp³-hybridized carbons (Fsp3) is 0.125. The van der Waals surface area contributed by atoms with Crippen LogP contribution in [0.15, 0.2) is 47.8 Å². The summed E-state index contributed by atoms with van der Waals surface area (Å²) in [6.07, 6.45) is -0.0939. The Labute approximate surface area is 131 Å². The lowest BCUT2D eigenvalue weighted by Gasteiger charge is -2.13. The van der Waals surface area contributed by atoms with Gasteiger partial charge in [-0.25, -0.2) is 0 Å². The number of rotatable bonds is 3. The third kappa shape index (κ3) is 2.70. The monoisotopic (exact) mass is 322 g/mol. The molecule has 0 amide bonds. The Morgan fingerprint density at radius 3 is 2.75 bits per heavy atom. The normalized spacial score (nSPS) is 12.8. The van der Waals surface area contributed by atoms with Crippen LogP contribution in [0, 0.1) is 0 Å². The van der Waals surface area contributed by atoms with Crippen LogP contribution in [0.5, 0.6) is 0 Å². The van der Waals surface area contributed by atoms with E-state index in [1.54, 1.807) is 23.5 Å². The van der Waals surface area contributed by atoms with Crippen LogP contribution in [0.4, 0.5) is 0 Å². The Balaban J connectivity index is 1.93. The molecular weight excluding hydrogens is 311 g/mol. The van der Waals surface area contributed by atoms with Crippen molar-refractivity contribution in [2.24, 2.45) is 0 Å². The van der Waals surface area contributed by atoms with E-state index in [9.17, 15) is 5.11 Å². The molecule has 20 heavy (non-hydrogen) atoms. The van der Waals surface area contributed by atoms with Gasteiger partial charge in [0.15, 0.2) is 0 Å². The average molecular weight is 323 g/mol. The molecule has 0 aliphatic heterocycles. The van der Waals surface area contributed by atoms with Gasteiger partial charge in [-0.2, -0.15) is 0 Å². The number of benzene rings is 2. The molecule has 0 saturated heterocycles. The highest BCUT2D eigenvalue weighted by Crippen LogP contribution is 2.32. The average Bonchev–Trinajstić information content (AvgIpc) is 2.90. The van der Waals surface area contributed by atoms with E-state index in [0.29, 0.717) is 16.5 Å². The molecule has 0 bridgehead atoms. The molecule has 1 aromatic heterocycles. The highest BCUT2D eigenvalue weighted by Gasteiger charge is 2.14. The van der Waals surface area contributed by atoms with Gasteiger partial charge in [-0.05, 0) is 40.1 Å². The number of aliphatic hydroxyl groups excluding tert-OH is 1. The molecule has 2 aromatic carbocycles. The first-order valence-electron chi connectivity index (χ1n) is 6.23. The van der Waals surface area contributed by atoms with Crippen molar-refractivity contribution in [1.82, 2.24) is 0 Å². The van der Waals surface area contributed by atoms with Crippen LogP contribution >= 0.6 is 34.5 Å². The van der Waals surface area contributed by atoms with Gasteiger partial charge in [0, 0.05) is 21.2 Å². The van der Waals surface area contributed by atoms with Crippen molar-refractivity contribution in [1.29, 1.82) is 0 Å². The van der Waals surface area contributed by atoms with E-state index >= 15 is 0 Å². The smallest absolute Gasteiger partial charge is 0.0844 e. The summed E-state index contributed by atoms with van der Waals surface area (Å²) in [5.74, 6) is 0. The molecule has 3 aromatic rings. The predicted molar refractivity (Wildman–Crippen MR) is 87.0 cm³/mol. The summed E-state index contributed by atoms with van der Waals surface area (Å²) < 4.78 is 1.13. The van der Waals surface area contributed by atoms with E-state index in [4.69, 9.17) is 23.2 Å². The zero-order valence-corrected chi connectivity index (χ0v) is 12.8. The first-order chi connectivity index (χ1) is 9.65. The Hall–Kier alpha value is -1.06. The SMILES string of the molecule is OC(Cc1ccc(Cl)cc1Cl)c1cccc2ccsc12. The van der Waals surface area contributed by atoms with Crippen molar-refractivity contribution < 1.29 is 5.11 Å². The van der Waals surface area contributed by atoms with Gasteiger partial charge in [-0.1, -0.05) is 47.5 Å². The van der Waals surface area contributed by atoms with E-state index in [-0.39, 0.29) is 0 Å². The number of fused-ring (bicyclic) bond motifs is 1. The molecular formula is C16H12Cl2OS. The number of thiophene rings is 1. The third-order valence-corrected chi connectivity index (χ3v) is 4.86.